The van der Waals surface area contributed by atoms with Crippen LogP contribution < -0.4 is 5.32 Å². The van der Waals surface area contributed by atoms with E-state index in [0.29, 0.717) is 5.57 Å². The number of allylic oxidation sites excluding steroid dienone is 9. The average Bonchev–Trinajstić information content (AvgIpc) is 2.72. The molecule has 184 valence electrons. The van der Waals surface area contributed by atoms with Gasteiger partial charge in [-0.3, -0.25) is 4.79 Å². The zero-order valence-corrected chi connectivity index (χ0v) is 20.3. The summed E-state index contributed by atoms with van der Waals surface area (Å²) in [7, 11) is 0. The fraction of sp³-hybridized carbons (Fsp3) is 0.577. The monoisotopic (exact) mass is 461 g/mol. The average molecular weight is 462 g/mol. The number of amides is 1. The van der Waals surface area contributed by atoms with Gasteiger partial charge < -0.3 is 30.5 Å². The van der Waals surface area contributed by atoms with Gasteiger partial charge in [-0.25, -0.2) is 0 Å². The molecule has 5 atom stereocenters. The Morgan fingerprint density at radius 2 is 1.85 bits per heavy atom. The summed E-state index contributed by atoms with van der Waals surface area (Å²) in [4.78, 5) is 12.3. The fourth-order valence-corrected chi connectivity index (χ4v) is 4.35. The van der Waals surface area contributed by atoms with E-state index < -0.39 is 43.2 Å². The summed E-state index contributed by atoms with van der Waals surface area (Å²) in [6.07, 6.45) is 9.30. The van der Waals surface area contributed by atoms with Crippen LogP contribution in [0.5, 0.6) is 0 Å². The van der Waals surface area contributed by atoms with Crippen LogP contribution in [-0.2, 0) is 9.53 Å². The predicted molar refractivity (Wildman–Crippen MR) is 128 cm³/mol. The van der Waals surface area contributed by atoms with E-state index in [9.17, 15) is 20.1 Å². The third kappa shape index (κ3) is 7.48. The maximum atomic E-state index is 12.3. The minimum Gasteiger partial charge on any atom is -0.394 e. The highest BCUT2D eigenvalue weighted by atomic mass is 16.6. The smallest absolute Gasteiger partial charge is 0.244 e. The van der Waals surface area contributed by atoms with Gasteiger partial charge in [0.15, 0.2) is 6.29 Å². The Morgan fingerprint density at radius 1 is 1.15 bits per heavy atom. The number of ether oxygens (including phenoxy) is 1. The molecule has 1 heterocycles. The number of hydrogen-bond donors (Lipinski definition) is 5. The van der Waals surface area contributed by atoms with E-state index in [4.69, 9.17) is 9.84 Å². The van der Waals surface area contributed by atoms with E-state index >= 15 is 0 Å². The van der Waals surface area contributed by atoms with Crippen LogP contribution in [0, 0.1) is 5.41 Å². The fourth-order valence-electron chi connectivity index (χ4n) is 4.35. The molecule has 7 nitrogen and oxygen atoms in total. The van der Waals surface area contributed by atoms with E-state index in [1.165, 1.54) is 30.1 Å². The van der Waals surface area contributed by atoms with Crippen molar-refractivity contribution in [1.82, 2.24) is 5.32 Å². The van der Waals surface area contributed by atoms with Crippen molar-refractivity contribution in [2.45, 2.75) is 84.5 Å². The minimum absolute atomic E-state index is 0.196. The highest BCUT2D eigenvalue weighted by Crippen LogP contribution is 2.40. The van der Waals surface area contributed by atoms with E-state index in [-0.39, 0.29) is 5.41 Å². The van der Waals surface area contributed by atoms with Crippen molar-refractivity contribution in [3.63, 3.8) is 0 Å². The van der Waals surface area contributed by atoms with Gasteiger partial charge in [-0.1, -0.05) is 55.4 Å². The Balaban J connectivity index is 1.96. The van der Waals surface area contributed by atoms with Crippen molar-refractivity contribution in [1.29, 1.82) is 0 Å². The molecule has 0 aromatic rings. The van der Waals surface area contributed by atoms with Crippen LogP contribution in [0.4, 0.5) is 0 Å². The zero-order valence-electron chi connectivity index (χ0n) is 20.3. The van der Waals surface area contributed by atoms with Crippen molar-refractivity contribution in [2.75, 3.05) is 6.61 Å². The summed E-state index contributed by atoms with van der Waals surface area (Å²) in [5.41, 5.74) is 4.81. The van der Waals surface area contributed by atoms with Gasteiger partial charge in [-0.15, -0.1) is 0 Å². The second-order valence-corrected chi connectivity index (χ2v) is 9.69. The number of nitrogens with one attached hydrogen (secondary N) is 1. The maximum absolute atomic E-state index is 12.3. The molecule has 0 spiro atoms. The van der Waals surface area contributed by atoms with Gasteiger partial charge in [-0.2, -0.15) is 0 Å². The summed E-state index contributed by atoms with van der Waals surface area (Å²) in [6, 6.07) is -1.21. The van der Waals surface area contributed by atoms with Crippen LogP contribution in [-0.4, -0.2) is 63.6 Å². The third-order valence-corrected chi connectivity index (χ3v) is 6.34. The first-order chi connectivity index (χ1) is 15.5. The van der Waals surface area contributed by atoms with Crippen molar-refractivity contribution >= 4 is 5.91 Å². The molecule has 2 aliphatic rings. The van der Waals surface area contributed by atoms with Crippen LogP contribution in [0.1, 0.15) is 53.9 Å². The number of hydrogen-bond acceptors (Lipinski definition) is 6. The number of carbonyl (C=O) groups is 1. The molecule has 33 heavy (non-hydrogen) atoms. The first kappa shape index (κ1) is 27.2. The van der Waals surface area contributed by atoms with Crippen molar-refractivity contribution < 1.29 is 30.0 Å². The van der Waals surface area contributed by atoms with Gasteiger partial charge in [0.25, 0.3) is 0 Å². The van der Waals surface area contributed by atoms with E-state index in [2.05, 4.69) is 38.2 Å². The zero-order chi connectivity index (χ0) is 24.8. The topological polar surface area (TPSA) is 119 Å². The minimum atomic E-state index is -1.54. The molecule has 0 bridgehead atoms. The second-order valence-electron chi connectivity index (χ2n) is 9.69. The lowest BCUT2D eigenvalue weighted by Gasteiger charge is -2.40. The molecule has 0 aromatic heterocycles. The standard InChI is InChI=1S/C26H39NO6/c1-16(11-12-19-18(3)10-7-13-26(19,4)5)8-6-9-17(2)14-21(29)27-22-24(31)23(30)20(15-28)33-25(22)32/h6,8-9,11-12,14,20,22-25,28,30-32H,7,10,13,15H2,1-5H3,(H,27,29)/b9-6+,12-11+,16-8+,17-14+/t20-,22-,23-,24-,25?/m1/s1. The van der Waals surface area contributed by atoms with Crippen LogP contribution in [0.15, 0.2) is 58.7 Å². The van der Waals surface area contributed by atoms with Gasteiger partial charge in [0, 0.05) is 6.08 Å². The molecular formula is C26H39NO6. The van der Waals surface area contributed by atoms with Crippen LogP contribution in [0.3, 0.4) is 0 Å². The lowest BCUT2D eigenvalue weighted by molar-refractivity contribution is -0.253. The molecule has 1 saturated heterocycles. The normalized spacial score (nSPS) is 31.5. The highest BCUT2D eigenvalue weighted by Gasteiger charge is 2.44. The molecule has 0 radical (unpaired) electrons. The highest BCUT2D eigenvalue weighted by molar-refractivity contribution is 5.88. The van der Waals surface area contributed by atoms with E-state index in [1.54, 1.807) is 13.0 Å². The Morgan fingerprint density at radius 3 is 2.48 bits per heavy atom. The Labute approximate surface area is 196 Å². The van der Waals surface area contributed by atoms with Gasteiger partial charge in [0.1, 0.15) is 24.4 Å². The van der Waals surface area contributed by atoms with E-state index in [0.717, 1.165) is 12.0 Å². The number of carbonyl (C=O) groups excluding carboxylic acids is 1. The van der Waals surface area contributed by atoms with E-state index in [1.807, 2.05) is 19.1 Å². The number of aliphatic hydroxyl groups excluding tert-OH is 4. The predicted octanol–water partition coefficient (Wildman–Crippen LogP) is 2.43. The molecule has 7 heteroatoms. The quantitative estimate of drug-likeness (QED) is 0.293. The molecule has 1 aliphatic heterocycles. The number of aliphatic hydroxyl groups is 4. The van der Waals surface area contributed by atoms with Crippen LogP contribution in [0.25, 0.3) is 0 Å². The molecule has 1 fully saturated rings. The lowest BCUT2D eigenvalue weighted by atomic mass is 9.72. The largest absolute Gasteiger partial charge is 0.394 e. The van der Waals surface area contributed by atoms with Crippen LogP contribution in [0.2, 0.25) is 0 Å². The molecule has 2 rings (SSSR count). The molecule has 0 saturated carbocycles. The van der Waals surface area contributed by atoms with Gasteiger partial charge in [-0.05, 0) is 56.6 Å². The molecule has 1 amide bonds. The van der Waals surface area contributed by atoms with Crippen molar-refractivity contribution in [2.24, 2.45) is 5.41 Å². The summed E-state index contributed by atoms with van der Waals surface area (Å²) in [6.45, 7) is 10.0. The summed E-state index contributed by atoms with van der Waals surface area (Å²) in [5, 5.41) is 41.6. The molecular weight excluding hydrogens is 422 g/mol. The molecule has 1 aliphatic carbocycles. The first-order valence-electron chi connectivity index (χ1n) is 11.5. The summed E-state index contributed by atoms with van der Waals surface area (Å²) >= 11 is 0. The summed E-state index contributed by atoms with van der Waals surface area (Å²) < 4.78 is 5.04. The van der Waals surface area contributed by atoms with Crippen LogP contribution >= 0.6 is 0 Å². The third-order valence-electron chi connectivity index (χ3n) is 6.34. The first-order valence-corrected chi connectivity index (χ1v) is 11.5. The second kappa shape index (κ2) is 11.9. The number of rotatable bonds is 7. The lowest BCUT2D eigenvalue weighted by Crippen LogP contribution is -2.64. The van der Waals surface area contributed by atoms with Crippen molar-refractivity contribution in [3.8, 4) is 0 Å². The van der Waals surface area contributed by atoms with Gasteiger partial charge in [0.2, 0.25) is 5.91 Å². The van der Waals surface area contributed by atoms with Crippen molar-refractivity contribution in [3.05, 3.63) is 58.7 Å². The molecule has 5 N–H and O–H groups in total. The summed E-state index contributed by atoms with van der Waals surface area (Å²) in [5.74, 6) is -0.541. The molecule has 0 aromatic carbocycles. The van der Waals surface area contributed by atoms with Gasteiger partial charge >= 0.3 is 0 Å². The maximum Gasteiger partial charge on any atom is 0.244 e. The van der Waals surface area contributed by atoms with Gasteiger partial charge in [0.05, 0.1) is 6.61 Å². The Kier molecular flexibility index (Phi) is 9.82. The molecule has 1 unspecified atom stereocenters. The Bertz CT molecular complexity index is 851. The Hall–Kier alpha value is -2.03. The SMILES string of the molecule is CC1=C(/C=C/C(C)=C/C=C/C(C)=C/C(=O)N[C@H]2C(O)O[C@H](CO)[C@@H](O)[C@@H]2O)C(C)(C)CCC1.